The summed E-state index contributed by atoms with van der Waals surface area (Å²) in [6.45, 7) is 2.15. The minimum atomic E-state index is -0.0561. The second-order valence-corrected chi connectivity index (χ2v) is 4.22. The lowest BCUT2D eigenvalue weighted by Gasteiger charge is -2.30. The zero-order valence-corrected chi connectivity index (χ0v) is 9.17. The lowest BCUT2D eigenvalue weighted by Crippen LogP contribution is -2.37. The van der Waals surface area contributed by atoms with Crippen molar-refractivity contribution < 1.29 is 14.2 Å². The van der Waals surface area contributed by atoms with Crippen molar-refractivity contribution in [3.8, 4) is 5.88 Å². The third-order valence-electron chi connectivity index (χ3n) is 2.95. The fraction of sp³-hybridized carbons (Fsp3) is 0.727. The molecule has 5 heteroatoms. The summed E-state index contributed by atoms with van der Waals surface area (Å²) >= 11 is 0. The van der Waals surface area contributed by atoms with Crippen LogP contribution in [0.25, 0.3) is 0 Å². The van der Waals surface area contributed by atoms with Crippen LogP contribution in [0.15, 0.2) is 12.3 Å². The standard InChI is InChI=1S/C11H16N2O3/c1-2-6-14-11(3-1)16-9-7-13-10(15-8-9)4-5-12-13/h4-5,9,11H,1-3,6-8H2. The Bertz CT molecular complexity index is 347. The zero-order chi connectivity index (χ0) is 10.8. The molecule has 2 aliphatic rings. The van der Waals surface area contributed by atoms with Gasteiger partial charge in [0.25, 0.3) is 0 Å². The molecule has 1 saturated heterocycles. The third kappa shape index (κ3) is 2.05. The molecule has 1 aromatic rings. The first-order valence-corrected chi connectivity index (χ1v) is 5.83. The summed E-state index contributed by atoms with van der Waals surface area (Å²) in [5.41, 5.74) is 0. The Labute approximate surface area is 94.3 Å². The van der Waals surface area contributed by atoms with E-state index in [0.717, 1.165) is 31.9 Å². The molecule has 88 valence electrons. The van der Waals surface area contributed by atoms with Crippen molar-refractivity contribution in [3.05, 3.63) is 12.3 Å². The Balaban J connectivity index is 1.57. The van der Waals surface area contributed by atoms with Gasteiger partial charge in [0.15, 0.2) is 6.29 Å². The highest BCUT2D eigenvalue weighted by atomic mass is 16.7. The van der Waals surface area contributed by atoms with Gasteiger partial charge in [0.1, 0.15) is 12.7 Å². The van der Waals surface area contributed by atoms with Crippen LogP contribution < -0.4 is 4.74 Å². The Kier molecular flexibility index (Phi) is 2.80. The van der Waals surface area contributed by atoms with Crippen LogP contribution >= 0.6 is 0 Å². The van der Waals surface area contributed by atoms with E-state index in [1.54, 1.807) is 6.20 Å². The quantitative estimate of drug-likeness (QED) is 0.757. The minimum absolute atomic E-state index is 0.0514. The lowest BCUT2D eigenvalue weighted by molar-refractivity contribution is -0.200. The van der Waals surface area contributed by atoms with E-state index in [1.807, 2.05) is 10.7 Å². The maximum atomic E-state index is 5.85. The van der Waals surface area contributed by atoms with Gasteiger partial charge in [0, 0.05) is 12.7 Å². The van der Waals surface area contributed by atoms with Gasteiger partial charge < -0.3 is 14.2 Å². The van der Waals surface area contributed by atoms with Gasteiger partial charge in [-0.15, -0.1) is 0 Å². The molecule has 0 aromatic carbocycles. The van der Waals surface area contributed by atoms with Gasteiger partial charge in [-0.05, 0) is 19.3 Å². The first kappa shape index (κ1) is 10.1. The van der Waals surface area contributed by atoms with Crippen molar-refractivity contribution in [2.24, 2.45) is 0 Å². The number of hydrogen-bond acceptors (Lipinski definition) is 4. The highest BCUT2D eigenvalue weighted by Crippen LogP contribution is 2.21. The highest BCUT2D eigenvalue weighted by molar-refractivity contribution is 5.09. The number of ether oxygens (including phenoxy) is 3. The van der Waals surface area contributed by atoms with Gasteiger partial charge in [-0.2, -0.15) is 5.10 Å². The molecule has 3 heterocycles. The molecule has 0 N–H and O–H groups in total. The summed E-state index contributed by atoms with van der Waals surface area (Å²) in [5, 5.41) is 4.17. The molecule has 2 atom stereocenters. The first-order valence-electron chi connectivity index (χ1n) is 5.83. The van der Waals surface area contributed by atoms with E-state index >= 15 is 0 Å². The van der Waals surface area contributed by atoms with Crippen LogP contribution in [0.1, 0.15) is 19.3 Å². The summed E-state index contributed by atoms with van der Waals surface area (Å²) in [7, 11) is 0. The van der Waals surface area contributed by atoms with E-state index in [1.165, 1.54) is 6.42 Å². The predicted octanol–water partition coefficient (Wildman–Crippen LogP) is 1.19. The molecule has 0 saturated carbocycles. The lowest BCUT2D eigenvalue weighted by atomic mass is 10.2. The van der Waals surface area contributed by atoms with Gasteiger partial charge in [-0.3, -0.25) is 0 Å². The number of hydrogen-bond donors (Lipinski definition) is 0. The minimum Gasteiger partial charge on any atom is -0.475 e. The van der Waals surface area contributed by atoms with Crippen LogP contribution in [0.4, 0.5) is 0 Å². The van der Waals surface area contributed by atoms with Crippen LogP contribution in [0, 0.1) is 0 Å². The SMILES string of the molecule is c1cc2n(n1)CC(OC1CCCCO1)CO2. The molecule has 1 fully saturated rings. The smallest absolute Gasteiger partial charge is 0.211 e. The van der Waals surface area contributed by atoms with Crippen LogP contribution in [-0.4, -0.2) is 35.4 Å². The normalized spacial score (nSPS) is 29.5. The molecular weight excluding hydrogens is 208 g/mol. The van der Waals surface area contributed by atoms with Crippen molar-refractivity contribution in [2.45, 2.75) is 38.2 Å². The van der Waals surface area contributed by atoms with Crippen molar-refractivity contribution in [1.82, 2.24) is 9.78 Å². The first-order chi connectivity index (χ1) is 7.92. The van der Waals surface area contributed by atoms with Crippen LogP contribution in [0.3, 0.4) is 0 Å². The molecule has 16 heavy (non-hydrogen) atoms. The fourth-order valence-electron chi connectivity index (χ4n) is 2.12. The maximum Gasteiger partial charge on any atom is 0.211 e. The largest absolute Gasteiger partial charge is 0.475 e. The van der Waals surface area contributed by atoms with E-state index in [-0.39, 0.29) is 12.4 Å². The predicted molar refractivity (Wildman–Crippen MR) is 56.2 cm³/mol. The van der Waals surface area contributed by atoms with Crippen LogP contribution in [0.2, 0.25) is 0 Å². The maximum absolute atomic E-state index is 5.85. The van der Waals surface area contributed by atoms with Gasteiger partial charge >= 0.3 is 0 Å². The molecule has 1 aromatic heterocycles. The summed E-state index contributed by atoms with van der Waals surface area (Å²) < 4.78 is 18.8. The topological polar surface area (TPSA) is 45.5 Å². The molecule has 3 rings (SSSR count). The Morgan fingerprint density at radius 1 is 1.44 bits per heavy atom. The van der Waals surface area contributed by atoms with E-state index in [0.29, 0.717) is 6.61 Å². The summed E-state index contributed by atoms with van der Waals surface area (Å²) in [5.74, 6) is 0.824. The monoisotopic (exact) mass is 224 g/mol. The van der Waals surface area contributed by atoms with E-state index in [4.69, 9.17) is 14.2 Å². The second kappa shape index (κ2) is 4.43. The average molecular weight is 224 g/mol. The number of nitrogens with zero attached hydrogens (tertiary/aromatic N) is 2. The Hall–Kier alpha value is -1.07. The molecule has 5 nitrogen and oxygen atoms in total. The summed E-state index contributed by atoms with van der Waals surface area (Å²) in [6, 6.07) is 1.87. The highest BCUT2D eigenvalue weighted by Gasteiger charge is 2.25. The van der Waals surface area contributed by atoms with Gasteiger partial charge in [-0.1, -0.05) is 0 Å². The third-order valence-corrected chi connectivity index (χ3v) is 2.95. The van der Waals surface area contributed by atoms with Gasteiger partial charge in [0.2, 0.25) is 5.88 Å². The van der Waals surface area contributed by atoms with Crippen LogP contribution in [-0.2, 0) is 16.0 Å². The molecule has 0 amide bonds. The van der Waals surface area contributed by atoms with Crippen molar-refractivity contribution in [1.29, 1.82) is 0 Å². The Morgan fingerprint density at radius 3 is 3.31 bits per heavy atom. The number of aromatic nitrogens is 2. The Morgan fingerprint density at radius 2 is 2.44 bits per heavy atom. The average Bonchev–Trinajstić information content (AvgIpc) is 2.77. The molecule has 2 aliphatic heterocycles. The van der Waals surface area contributed by atoms with E-state index in [9.17, 15) is 0 Å². The van der Waals surface area contributed by atoms with E-state index in [2.05, 4.69) is 5.10 Å². The molecule has 0 bridgehead atoms. The fourth-order valence-corrected chi connectivity index (χ4v) is 2.12. The summed E-state index contributed by atoms with van der Waals surface area (Å²) in [4.78, 5) is 0. The molecule has 0 radical (unpaired) electrons. The second-order valence-electron chi connectivity index (χ2n) is 4.22. The van der Waals surface area contributed by atoms with E-state index < -0.39 is 0 Å². The van der Waals surface area contributed by atoms with Crippen LogP contribution in [0.5, 0.6) is 5.88 Å². The molecular formula is C11H16N2O3. The number of rotatable bonds is 2. The summed E-state index contributed by atoms with van der Waals surface area (Å²) in [6.07, 6.45) is 5.06. The van der Waals surface area contributed by atoms with Crippen molar-refractivity contribution in [2.75, 3.05) is 13.2 Å². The van der Waals surface area contributed by atoms with Gasteiger partial charge in [0.05, 0.1) is 12.7 Å². The zero-order valence-electron chi connectivity index (χ0n) is 9.17. The molecule has 0 aliphatic carbocycles. The van der Waals surface area contributed by atoms with Gasteiger partial charge in [-0.25, -0.2) is 4.68 Å². The molecule has 0 spiro atoms. The number of fused-ring (bicyclic) bond motifs is 1. The van der Waals surface area contributed by atoms with Crippen molar-refractivity contribution >= 4 is 0 Å². The van der Waals surface area contributed by atoms with Crippen molar-refractivity contribution in [3.63, 3.8) is 0 Å². The molecule has 2 unspecified atom stereocenters.